The predicted molar refractivity (Wildman–Crippen MR) is 78.4 cm³/mol. The van der Waals surface area contributed by atoms with Crippen LogP contribution in [0, 0.1) is 5.92 Å². The molecule has 5 nitrogen and oxygen atoms in total. The molecule has 1 heterocycles. The summed E-state index contributed by atoms with van der Waals surface area (Å²) in [7, 11) is 0. The number of aliphatic hydroxyl groups is 1. The van der Waals surface area contributed by atoms with Crippen molar-refractivity contribution in [3.05, 3.63) is 12.1 Å². The standard InChI is InChI=1S/C14H25N3O2/c1-4-7-19-14-12(15)5-6-13(17-14)16-9-11(18)8-10(2)3/h5-6,10-11,18H,4,7-9,15H2,1-3H3,(H,16,17). The molecule has 0 amide bonds. The van der Waals surface area contributed by atoms with E-state index >= 15 is 0 Å². The van der Waals surface area contributed by atoms with E-state index in [4.69, 9.17) is 10.5 Å². The average molecular weight is 267 g/mol. The van der Waals surface area contributed by atoms with Crippen molar-refractivity contribution < 1.29 is 9.84 Å². The van der Waals surface area contributed by atoms with Gasteiger partial charge in [-0.15, -0.1) is 0 Å². The largest absolute Gasteiger partial charge is 0.476 e. The van der Waals surface area contributed by atoms with Crippen molar-refractivity contribution in [1.82, 2.24) is 4.98 Å². The van der Waals surface area contributed by atoms with Crippen LogP contribution in [-0.2, 0) is 0 Å². The number of nitrogen functional groups attached to an aromatic ring is 1. The Hall–Kier alpha value is -1.49. The first-order valence-electron chi connectivity index (χ1n) is 6.84. The van der Waals surface area contributed by atoms with Crippen molar-refractivity contribution in [3.63, 3.8) is 0 Å². The van der Waals surface area contributed by atoms with E-state index in [9.17, 15) is 5.11 Å². The molecular weight excluding hydrogens is 242 g/mol. The fraction of sp³-hybridized carbons (Fsp3) is 0.643. The molecule has 0 radical (unpaired) electrons. The average Bonchev–Trinajstić information content (AvgIpc) is 2.35. The number of nitrogens with zero attached hydrogens (tertiary/aromatic N) is 1. The van der Waals surface area contributed by atoms with E-state index < -0.39 is 0 Å². The second kappa shape index (κ2) is 7.84. The van der Waals surface area contributed by atoms with Gasteiger partial charge in [0.25, 0.3) is 0 Å². The van der Waals surface area contributed by atoms with Gasteiger partial charge < -0.3 is 20.9 Å². The van der Waals surface area contributed by atoms with Gasteiger partial charge in [-0.1, -0.05) is 20.8 Å². The van der Waals surface area contributed by atoms with Crippen LogP contribution in [0.1, 0.15) is 33.6 Å². The molecule has 1 atom stereocenters. The van der Waals surface area contributed by atoms with Crippen molar-refractivity contribution in [3.8, 4) is 5.88 Å². The number of hydrogen-bond donors (Lipinski definition) is 3. The van der Waals surface area contributed by atoms with Crippen LogP contribution in [0.4, 0.5) is 11.5 Å². The van der Waals surface area contributed by atoms with Crippen LogP contribution in [0.2, 0.25) is 0 Å². The Labute approximate surface area is 115 Å². The van der Waals surface area contributed by atoms with Gasteiger partial charge in [-0.25, -0.2) is 0 Å². The molecule has 0 aromatic carbocycles. The maximum absolute atomic E-state index is 9.80. The molecular formula is C14H25N3O2. The van der Waals surface area contributed by atoms with Crippen molar-refractivity contribution >= 4 is 11.5 Å². The van der Waals surface area contributed by atoms with Crippen molar-refractivity contribution in [2.45, 2.75) is 39.7 Å². The quantitative estimate of drug-likeness (QED) is 0.673. The number of anilines is 2. The lowest BCUT2D eigenvalue weighted by Gasteiger charge is -2.15. The molecule has 0 fully saturated rings. The third kappa shape index (κ3) is 5.79. The summed E-state index contributed by atoms with van der Waals surface area (Å²) >= 11 is 0. The molecule has 0 bridgehead atoms. The number of pyridine rings is 1. The summed E-state index contributed by atoms with van der Waals surface area (Å²) in [6.07, 6.45) is 1.30. The predicted octanol–water partition coefficient (Wildman–Crippen LogP) is 2.27. The number of nitrogens with two attached hydrogens (primary N) is 1. The van der Waals surface area contributed by atoms with Crippen LogP contribution in [0.15, 0.2) is 12.1 Å². The van der Waals surface area contributed by atoms with Crippen LogP contribution >= 0.6 is 0 Å². The zero-order chi connectivity index (χ0) is 14.3. The van der Waals surface area contributed by atoms with E-state index in [1.807, 2.05) is 6.92 Å². The molecule has 0 spiro atoms. The fourth-order valence-electron chi connectivity index (χ4n) is 1.71. The Morgan fingerprint density at radius 2 is 2.16 bits per heavy atom. The van der Waals surface area contributed by atoms with Crippen LogP contribution in [0.3, 0.4) is 0 Å². The van der Waals surface area contributed by atoms with Gasteiger partial charge in [0.05, 0.1) is 18.4 Å². The van der Waals surface area contributed by atoms with Crippen LogP contribution in [0.25, 0.3) is 0 Å². The molecule has 0 aliphatic carbocycles. The number of nitrogens with one attached hydrogen (secondary N) is 1. The normalized spacial score (nSPS) is 12.5. The Balaban J connectivity index is 2.54. The first-order chi connectivity index (χ1) is 9.02. The monoisotopic (exact) mass is 267 g/mol. The minimum absolute atomic E-state index is 0.376. The number of aliphatic hydroxyl groups excluding tert-OH is 1. The minimum atomic E-state index is -0.376. The van der Waals surface area contributed by atoms with Gasteiger partial charge in [0, 0.05) is 6.54 Å². The Kier molecular flexibility index (Phi) is 6.42. The molecule has 0 saturated heterocycles. The van der Waals surface area contributed by atoms with E-state index in [2.05, 4.69) is 24.1 Å². The summed E-state index contributed by atoms with van der Waals surface area (Å²) in [5, 5.41) is 12.9. The fourth-order valence-corrected chi connectivity index (χ4v) is 1.71. The lowest BCUT2D eigenvalue weighted by atomic mass is 10.1. The van der Waals surface area contributed by atoms with Crippen molar-refractivity contribution in [2.75, 3.05) is 24.2 Å². The van der Waals surface area contributed by atoms with Crippen LogP contribution < -0.4 is 15.8 Å². The lowest BCUT2D eigenvalue weighted by molar-refractivity contribution is 0.161. The summed E-state index contributed by atoms with van der Waals surface area (Å²) in [5.74, 6) is 1.59. The zero-order valence-electron chi connectivity index (χ0n) is 12.0. The first-order valence-corrected chi connectivity index (χ1v) is 6.84. The molecule has 5 heteroatoms. The number of aromatic nitrogens is 1. The van der Waals surface area contributed by atoms with Crippen molar-refractivity contribution in [2.24, 2.45) is 5.92 Å². The Bertz CT molecular complexity index is 383. The smallest absolute Gasteiger partial charge is 0.239 e. The molecule has 1 unspecified atom stereocenters. The third-order valence-corrected chi connectivity index (χ3v) is 2.59. The highest BCUT2D eigenvalue weighted by atomic mass is 16.5. The maximum atomic E-state index is 9.80. The topological polar surface area (TPSA) is 80.4 Å². The molecule has 0 aliphatic rings. The lowest BCUT2D eigenvalue weighted by Crippen LogP contribution is -2.21. The Morgan fingerprint density at radius 3 is 2.79 bits per heavy atom. The number of rotatable bonds is 8. The molecule has 4 N–H and O–H groups in total. The van der Waals surface area contributed by atoms with Gasteiger partial charge in [-0.05, 0) is 30.9 Å². The first kappa shape index (κ1) is 15.6. The van der Waals surface area contributed by atoms with Gasteiger partial charge in [0.2, 0.25) is 5.88 Å². The van der Waals surface area contributed by atoms with Gasteiger partial charge in [-0.3, -0.25) is 0 Å². The third-order valence-electron chi connectivity index (χ3n) is 2.59. The summed E-state index contributed by atoms with van der Waals surface area (Å²) in [4.78, 5) is 4.29. The van der Waals surface area contributed by atoms with E-state index in [0.29, 0.717) is 36.5 Å². The van der Waals surface area contributed by atoms with Gasteiger partial charge >= 0.3 is 0 Å². The van der Waals surface area contributed by atoms with E-state index in [0.717, 1.165) is 12.8 Å². The molecule has 1 aromatic rings. The van der Waals surface area contributed by atoms with Crippen LogP contribution in [-0.4, -0.2) is 29.3 Å². The molecule has 108 valence electrons. The molecule has 1 aromatic heterocycles. The SMILES string of the molecule is CCCOc1nc(NCC(O)CC(C)C)ccc1N. The highest BCUT2D eigenvalue weighted by molar-refractivity contribution is 5.53. The van der Waals surface area contributed by atoms with Gasteiger partial charge in [-0.2, -0.15) is 4.98 Å². The minimum Gasteiger partial charge on any atom is -0.476 e. The van der Waals surface area contributed by atoms with Crippen molar-refractivity contribution in [1.29, 1.82) is 0 Å². The summed E-state index contributed by atoms with van der Waals surface area (Å²) < 4.78 is 5.46. The highest BCUT2D eigenvalue weighted by Gasteiger charge is 2.08. The van der Waals surface area contributed by atoms with Gasteiger partial charge in [0.1, 0.15) is 5.82 Å². The summed E-state index contributed by atoms with van der Waals surface area (Å²) in [6, 6.07) is 3.55. The number of ether oxygens (including phenoxy) is 1. The van der Waals surface area contributed by atoms with Crippen LogP contribution in [0.5, 0.6) is 5.88 Å². The second-order valence-electron chi connectivity index (χ2n) is 5.10. The summed E-state index contributed by atoms with van der Waals surface area (Å²) in [6.45, 7) is 7.27. The molecule has 0 saturated carbocycles. The zero-order valence-corrected chi connectivity index (χ0v) is 12.0. The second-order valence-corrected chi connectivity index (χ2v) is 5.10. The Morgan fingerprint density at radius 1 is 1.42 bits per heavy atom. The number of hydrogen-bond acceptors (Lipinski definition) is 5. The molecule has 19 heavy (non-hydrogen) atoms. The van der Waals surface area contributed by atoms with E-state index in [1.165, 1.54) is 0 Å². The van der Waals surface area contributed by atoms with E-state index in [1.54, 1.807) is 12.1 Å². The van der Waals surface area contributed by atoms with Gasteiger partial charge in [0.15, 0.2) is 0 Å². The molecule has 1 rings (SSSR count). The van der Waals surface area contributed by atoms with E-state index in [-0.39, 0.29) is 6.10 Å². The highest BCUT2D eigenvalue weighted by Crippen LogP contribution is 2.21. The molecule has 0 aliphatic heterocycles. The maximum Gasteiger partial charge on any atom is 0.239 e. The summed E-state index contributed by atoms with van der Waals surface area (Å²) in [5.41, 5.74) is 6.32.